The van der Waals surface area contributed by atoms with Crippen LogP contribution in [-0.2, 0) is 13.0 Å². The molecule has 0 bridgehead atoms. The Morgan fingerprint density at radius 1 is 1.38 bits per heavy atom. The first-order valence-electron chi connectivity index (χ1n) is 5.47. The lowest BCUT2D eigenvalue weighted by Gasteiger charge is -1.97. The zero-order valence-corrected chi connectivity index (χ0v) is 10.9. The predicted molar refractivity (Wildman–Crippen MR) is 70.2 cm³/mol. The SMILES string of the molecule is CCCCc1nnc(NCc2cccs2)s1. The minimum Gasteiger partial charge on any atom is -0.355 e. The minimum atomic E-state index is 0.847. The van der Waals surface area contributed by atoms with E-state index in [2.05, 4.69) is 40.0 Å². The molecule has 86 valence electrons. The maximum atomic E-state index is 4.16. The zero-order chi connectivity index (χ0) is 11.2. The standard InChI is InChI=1S/C11H15N3S2/c1-2-3-6-10-13-14-11(16-10)12-8-9-5-4-7-15-9/h4-5,7H,2-3,6,8H2,1H3,(H,12,14). The molecule has 0 aromatic carbocycles. The topological polar surface area (TPSA) is 37.8 Å². The smallest absolute Gasteiger partial charge is 0.205 e. The van der Waals surface area contributed by atoms with Crippen molar-refractivity contribution in [3.63, 3.8) is 0 Å². The van der Waals surface area contributed by atoms with Gasteiger partial charge in [-0.25, -0.2) is 0 Å². The lowest BCUT2D eigenvalue weighted by atomic mass is 10.3. The van der Waals surface area contributed by atoms with Crippen LogP contribution in [0.3, 0.4) is 0 Å². The molecule has 0 aliphatic heterocycles. The number of hydrogen-bond acceptors (Lipinski definition) is 5. The van der Waals surface area contributed by atoms with Crippen LogP contribution in [0, 0.1) is 0 Å². The highest BCUT2D eigenvalue weighted by Gasteiger charge is 2.03. The molecule has 16 heavy (non-hydrogen) atoms. The second kappa shape index (κ2) is 5.96. The van der Waals surface area contributed by atoms with E-state index in [-0.39, 0.29) is 0 Å². The highest BCUT2D eigenvalue weighted by atomic mass is 32.1. The van der Waals surface area contributed by atoms with Gasteiger partial charge in [-0.2, -0.15) is 0 Å². The zero-order valence-electron chi connectivity index (χ0n) is 9.27. The monoisotopic (exact) mass is 253 g/mol. The Hall–Kier alpha value is -0.940. The van der Waals surface area contributed by atoms with Crippen LogP contribution < -0.4 is 5.32 Å². The van der Waals surface area contributed by atoms with E-state index in [0.717, 1.165) is 23.1 Å². The van der Waals surface area contributed by atoms with Crippen molar-refractivity contribution in [2.45, 2.75) is 32.7 Å². The molecule has 2 heterocycles. The van der Waals surface area contributed by atoms with E-state index < -0.39 is 0 Å². The molecular formula is C11H15N3S2. The predicted octanol–water partition coefficient (Wildman–Crippen LogP) is 3.55. The molecule has 1 N–H and O–H groups in total. The van der Waals surface area contributed by atoms with Gasteiger partial charge in [0.25, 0.3) is 0 Å². The third kappa shape index (κ3) is 3.28. The molecule has 0 aliphatic carbocycles. The normalized spacial score (nSPS) is 10.6. The molecule has 2 aromatic heterocycles. The largest absolute Gasteiger partial charge is 0.355 e. The fourth-order valence-corrected chi connectivity index (χ4v) is 2.75. The number of thiophene rings is 1. The van der Waals surface area contributed by atoms with Crippen LogP contribution in [0.2, 0.25) is 0 Å². The van der Waals surface area contributed by atoms with Gasteiger partial charge in [-0.15, -0.1) is 21.5 Å². The summed E-state index contributed by atoms with van der Waals surface area (Å²) in [7, 11) is 0. The van der Waals surface area contributed by atoms with Gasteiger partial charge >= 0.3 is 0 Å². The third-order valence-electron chi connectivity index (χ3n) is 2.20. The fourth-order valence-electron chi connectivity index (χ4n) is 1.33. The lowest BCUT2D eigenvalue weighted by Crippen LogP contribution is -1.96. The Balaban J connectivity index is 1.83. The van der Waals surface area contributed by atoms with Crippen molar-refractivity contribution in [3.05, 3.63) is 27.4 Å². The van der Waals surface area contributed by atoms with Crippen LogP contribution in [0.5, 0.6) is 0 Å². The summed E-state index contributed by atoms with van der Waals surface area (Å²) in [5.74, 6) is 0. The molecule has 0 radical (unpaired) electrons. The molecule has 0 aliphatic rings. The second-order valence-corrected chi connectivity index (χ2v) is 5.63. The van der Waals surface area contributed by atoms with Gasteiger partial charge < -0.3 is 5.32 Å². The molecule has 0 amide bonds. The van der Waals surface area contributed by atoms with Crippen molar-refractivity contribution < 1.29 is 0 Å². The van der Waals surface area contributed by atoms with E-state index in [1.807, 2.05) is 0 Å². The van der Waals surface area contributed by atoms with Gasteiger partial charge in [0.15, 0.2) is 0 Å². The van der Waals surface area contributed by atoms with E-state index in [4.69, 9.17) is 0 Å². The molecule has 2 aromatic rings. The molecule has 0 saturated carbocycles. The Labute approximate surface area is 104 Å². The molecular weight excluding hydrogens is 238 g/mol. The van der Waals surface area contributed by atoms with Gasteiger partial charge in [-0.05, 0) is 17.9 Å². The third-order valence-corrected chi connectivity index (χ3v) is 4.02. The van der Waals surface area contributed by atoms with Crippen LogP contribution in [0.1, 0.15) is 29.7 Å². The van der Waals surface area contributed by atoms with Crippen LogP contribution in [0.4, 0.5) is 5.13 Å². The molecule has 0 unspecified atom stereocenters. The van der Waals surface area contributed by atoms with E-state index in [0.29, 0.717) is 0 Å². The number of aromatic nitrogens is 2. The van der Waals surface area contributed by atoms with Crippen LogP contribution in [0.25, 0.3) is 0 Å². The Kier molecular flexibility index (Phi) is 4.30. The van der Waals surface area contributed by atoms with Crippen molar-refractivity contribution in [3.8, 4) is 0 Å². The molecule has 0 spiro atoms. The summed E-state index contributed by atoms with van der Waals surface area (Å²) in [5.41, 5.74) is 0. The van der Waals surface area contributed by atoms with Gasteiger partial charge in [0.05, 0.1) is 6.54 Å². The number of hydrogen-bond donors (Lipinski definition) is 1. The van der Waals surface area contributed by atoms with Crippen LogP contribution in [0.15, 0.2) is 17.5 Å². The lowest BCUT2D eigenvalue weighted by molar-refractivity contribution is 0.779. The van der Waals surface area contributed by atoms with Crippen molar-refractivity contribution in [1.29, 1.82) is 0 Å². The van der Waals surface area contributed by atoms with Crippen molar-refractivity contribution in [2.24, 2.45) is 0 Å². The quantitative estimate of drug-likeness (QED) is 0.855. The summed E-state index contributed by atoms with van der Waals surface area (Å²) in [6.45, 7) is 3.04. The number of rotatable bonds is 6. The highest BCUT2D eigenvalue weighted by Crippen LogP contribution is 2.18. The first-order chi connectivity index (χ1) is 7.88. The average molecular weight is 253 g/mol. The summed E-state index contributed by atoms with van der Waals surface area (Å²) < 4.78 is 0. The molecule has 0 atom stereocenters. The molecule has 2 rings (SSSR count). The van der Waals surface area contributed by atoms with E-state index in [9.17, 15) is 0 Å². The van der Waals surface area contributed by atoms with E-state index >= 15 is 0 Å². The highest BCUT2D eigenvalue weighted by molar-refractivity contribution is 7.15. The maximum absolute atomic E-state index is 4.16. The van der Waals surface area contributed by atoms with Crippen molar-refractivity contribution >= 4 is 27.8 Å². The molecule has 0 fully saturated rings. The molecule has 3 nitrogen and oxygen atoms in total. The summed E-state index contributed by atoms with van der Waals surface area (Å²) in [6, 6.07) is 4.19. The van der Waals surface area contributed by atoms with Crippen LogP contribution in [-0.4, -0.2) is 10.2 Å². The number of aryl methyl sites for hydroxylation is 1. The number of nitrogens with zero attached hydrogens (tertiary/aromatic N) is 2. The summed E-state index contributed by atoms with van der Waals surface area (Å²) in [4.78, 5) is 1.32. The number of unbranched alkanes of at least 4 members (excludes halogenated alkanes) is 1. The molecule has 0 saturated heterocycles. The summed E-state index contributed by atoms with van der Waals surface area (Å²) >= 11 is 3.42. The Morgan fingerprint density at radius 3 is 3.06 bits per heavy atom. The second-order valence-electron chi connectivity index (χ2n) is 3.54. The van der Waals surface area contributed by atoms with Crippen LogP contribution >= 0.6 is 22.7 Å². The van der Waals surface area contributed by atoms with Gasteiger partial charge in [0.1, 0.15) is 5.01 Å². The van der Waals surface area contributed by atoms with Gasteiger partial charge in [-0.3, -0.25) is 0 Å². The first kappa shape index (κ1) is 11.5. The van der Waals surface area contributed by atoms with Gasteiger partial charge in [-0.1, -0.05) is 30.7 Å². The Bertz CT molecular complexity index is 409. The summed E-state index contributed by atoms with van der Waals surface area (Å²) in [6.07, 6.45) is 3.45. The van der Waals surface area contributed by atoms with E-state index in [1.165, 1.54) is 17.7 Å². The van der Waals surface area contributed by atoms with Crippen molar-refractivity contribution in [1.82, 2.24) is 10.2 Å². The fraction of sp³-hybridized carbons (Fsp3) is 0.455. The minimum absolute atomic E-state index is 0.847. The van der Waals surface area contributed by atoms with E-state index in [1.54, 1.807) is 22.7 Å². The maximum Gasteiger partial charge on any atom is 0.205 e. The van der Waals surface area contributed by atoms with Crippen molar-refractivity contribution in [2.75, 3.05) is 5.32 Å². The molecule has 5 heteroatoms. The van der Waals surface area contributed by atoms with Gasteiger partial charge in [0.2, 0.25) is 5.13 Å². The Morgan fingerprint density at radius 2 is 2.31 bits per heavy atom. The van der Waals surface area contributed by atoms with Gasteiger partial charge in [0, 0.05) is 11.3 Å². The number of anilines is 1. The average Bonchev–Trinajstić information content (AvgIpc) is 2.95. The number of nitrogens with one attached hydrogen (secondary N) is 1. The first-order valence-corrected chi connectivity index (χ1v) is 7.16. The summed E-state index contributed by atoms with van der Waals surface area (Å²) in [5, 5.41) is 15.7.